The first-order valence-corrected chi connectivity index (χ1v) is 7.90. The highest BCUT2D eigenvalue weighted by Gasteiger charge is 2.14. The van der Waals surface area contributed by atoms with Gasteiger partial charge in [0.25, 0.3) is 0 Å². The quantitative estimate of drug-likeness (QED) is 0.790. The highest BCUT2D eigenvalue weighted by molar-refractivity contribution is 5.91. The Labute approximate surface area is 144 Å². The second kappa shape index (κ2) is 6.45. The number of ether oxygens (including phenoxy) is 3. The number of nitrogens with one attached hydrogen (secondary N) is 1. The average Bonchev–Trinajstić information content (AvgIpc) is 3.05. The molecule has 0 radical (unpaired) electrons. The summed E-state index contributed by atoms with van der Waals surface area (Å²) < 4.78 is 17.9. The fourth-order valence-corrected chi connectivity index (χ4v) is 2.74. The molecule has 0 fully saturated rings. The average molecular weight is 339 g/mol. The van der Waals surface area contributed by atoms with Gasteiger partial charge in [0.05, 0.1) is 11.4 Å². The van der Waals surface area contributed by atoms with Crippen LogP contribution in [0.1, 0.15) is 0 Å². The fraction of sp³-hybridized carbons (Fsp3) is 0.222. The summed E-state index contributed by atoms with van der Waals surface area (Å²) in [6, 6.07) is 9.44. The van der Waals surface area contributed by atoms with E-state index in [1.54, 1.807) is 0 Å². The number of amides is 1. The zero-order chi connectivity index (χ0) is 17.2. The van der Waals surface area contributed by atoms with E-state index in [2.05, 4.69) is 10.3 Å². The number of carbonyl (C=O) groups is 1. The van der Waals surface area contributed by atoms with Crippen LogP contribution >= 0.6 is 0 Å². The van der Waals surface area contributed by atoms with E-state index < -0.39 is 0 Å². The van der Waals surface area contributed by atoms with E-state index in [1.165, 1.54) is 7.11 Å². The lowest BCUT2D eigenvalue weighted by molar-refractivity contribution is -0.119. The third-order valence-electron chi connectivity index (χ3n) is 3.85. The van der Waals surface area contributed by atoms with E-state index in [4.69, 9.17) is 14.2 Å². The maximum absolute atomic E-state index is 11.6. The molecular formula is C18H17N3O4. The smallest absolute Gasteiger partial charge is 0.250 e. The zero-order valence-electron chi connectivity index (χ0n) is 13.7. The molecule has 3 heterocycles. The number of nitrogens with zero attached hydrogens (tertiary/aromatic N) is 2. The summed E-state index contributed by atoms with van der Waals surface area (Å²) in [4.78, 5) is 16.2. The van der Waals surface area contributed by atoms with Crippen molar-refractivity contribution in [2.45, 2.75) is 0 Å². The monoisotopic (exact) mass is 339 g/mol. The molecule has 0 saturated heterocycles. The minimum atomic E-state index is -0.200. The molecule has 0 atom stereocenters. The number of rotatable bonds is 4. The van der Waals surface area contributed by atoms with Gasteiger partial charge in [-0.15, -0.1) is 0 Å². The molecule has 0 spiro atoms. The summed E-state index contributed by atoms with van der Waals surface area (Å²) in [6.45, 7) is 1.13. The number of benzene rings is 1. The third kappa shape index (κ3) is 3.14. The SMILES string of the molecule is COCC(=O)Nc1ccc2nc(-c3ccc4c(c3)OCCO4)cn2c1. The molecule has 3 aromatic rings. The van der Waals surface area contributed by atoms with Gasteiger partial charge in [0.15, 0.2) is 11.5 Å². The molecule has 0 bridgehead atoms. The maximum Gasteiger partial charge on any atom is 0.250 e. The standard InChI is InChI=1S/C18H17N3O4/c1-23-11-18(22)19-13-3-5-17-20-14(10-21(17)9-13)12-2-4-15-16(8-12)25-7-6-24-15/h2-5,8-10H,6-7,11H2,1H3,(H,19,22). The second-order valence-corrected chi connectivity index (χ2v) is 5.65. The molecule has 1 amide bonds. The normalized spacial score (nSPS) is 13.0. The Morgan fingerprint density at radius 3 is 2.88 bits per heavy atom. The predicted molar refractivity (Wildman–Crippen MR) is 92.1 cm³/mol. The van der Waals surface area contributed by atoms with Crippen molar-refractivity contribution in [1.29, 1.82) is 0 Å². The van der Waals surface area contributed by atoms with Crippen LogP contribution in [0.15, 0.2) is 42.7 Å². The Morgan fingerprint density at radius 1 is 1.20 bits per heavy atom. The van der Waals surface area contributed by atoms with Crippen molar-refractivity contribution in [2.75, 3.05) is 32.2 Å². The van der Waals surface area contributed by atoms with Gasteiger partial charge in [-0.3, -0.25) is 4.79 Å². The van der Waals surface area contributed by atoms with Gasteiger partial charge in [0.1, 0.15) is 25.5 Å². The summed E-state index contributed by atoms with van der Waals surface area (Å²) in [7, 11) is 1.48. The van der Waals surface area contributed by atoms with Gasteiger partial charge < -0.3 is 23.9 Å². The largest absolute Gasteiger partial charge is 0.486 e. The van der Waals surface area contributed by atoms with E-state index in [-0.39, 0.29) is 12.5 Å². The van der Waals surface area contributed by atoms with Gasteiger partial charge in [0, 0.05) is 25.1 Å². The van der Waals surface area contributed by atoms with Crippen LogP contribution in [0.25, 0.3) is 16.9 Å². The molecule has 128 valence electrons. The van der Waals surface area contributed by atoms with Crippen molar-refractivity contribution in [1.82, 2.24) is 9.38 Å². The Kier molecular flexibility index (Phi) is 3.99. The minimum Gasteiger partial charge on any atom is -0.486 e. The molecule has 25 heavy (non-hydrogen) atoms. The van der Waals surface area contributed by atoms with Gasteiger partial charge in [-0.05, 0) is 30.3 Å². The van der Waals surface area contributed by atoms with Crippen LogP contribution in [0.2, 0.25) is 0 Å². The number of pyridine rings is 1. The van der Waals surface area contributed by atoms with Crippen molar-refractivity contribution in [3.63, 3.8) is 0 Å². The summed E-state index contributed by atoms with van der Waals surface area (Å²) in [5.74, 6) is 1.28. The highest BCUT2D eigenvalue weighted by Crippen LogP contribution is 2.34. The van der Waals surface area contributed by atoms with Crippen LogP contribution in [0.3, 0.4) is 0 Å². The lowest BCUT2D eigenvalue weighted by Crippen LogP contribution is -2.17. The van der Waals surface area contributed by atoms with Crippen molar-refractivity contribution < 1.29 is 19.0 Å². The lowest BCUT2D eigenvalue weighted by Gasteiger charge is -2.18. The van der Waals surface area contributed by atoms with Gasteiger partial charge in [0.2, 0.25) is 5.91 Å². The molecule has 1 aliphatic rings. The summed E-state index contributed by atoms with van der Waals surface area (Å²) in [6.07, 6.45) is 3.73. The first kappa shape index (κ1) is 15.5. The summed E-state index contributed by atoms with van der Waals surface area (Å²) in [5, 5.41) is 2.78. The van der Waals surface area contributed by atoms with E-state index in [9.17, 15) is 4.79 Å². The Bertz CT molecular complexity index is 935. The molecule has 1 N–H and O–H groups in total. The lowest BCUT2D eigenvalue weighted by atomic mass is 10.1. The molecule has 0 unspecified atom stereocenters. The van der Waals surface area contributed by atoms with Crippen molar-refractivity contribution in [2.24, 2.45) is 0 Å². The number of methoxy groups -OCH3 is 1. The number of aromatic nitrogens is 2. The zero-order valence-corrected chi connectivity index (χ0v) is 13.7. The number of imidazole rings is 1. The second-order valence-electron chi connectivity index (χ2n) is 5.65. The molecule has 0 aliphatic carbocycles. The number of hydrogen-bond acceptors (Lipinski definition) is 5. The molecule has 7 nitrogen and oxygen atoms in total. The van der Waals surface area contributed by atoms with Crippen molar-refractivity contribution in [3.8, 4) is 22.8 Å². The molecule has 4 rings (SSSR count). The first-order valence-electron chi connectivity index (χ1n) is 7.90. The van der Waals surface area contributed by atoms with E-state index >= 15 is 0 Å². The van der Waals surface area contributed by atoms with Crippen molar-refractivity contribution in [3.05, 3.63) is 42.7 Å². The number of hydrogen-bond donors (Lipinski definition) is 1. The van der Waals surface area contributed by atoms with Gasteiger partial charge >= 0.3 is 0 Å². The number of fused-ring (bicyclic) bond motifs is 2. The van der Waals surface area contributed by atoms with Crippen LogP contribution in [-0.4, -0.2) is 42.2 Å². The van der Waals surface area contributed by atoms with E-state index in [0.29, 0.717) is 18.9 Å². The Hall–Kier alpha value is -3.06. The van der Waals surface area contributed by atoms with Gasteiger partial charge in [-0.2, -0.15) is 0 Å². The predicted octanol–water partition coefficient (Wildman–Crippen LogP) is 2.36. The van der Waals surface area contributed by atoms with Crippen LogP contribution in [0.5, 0.6) is 11.5 Å². The number of carbonyl (C=O) groups excluding carboxylic acids is 1. The molecule has 1 aliphatic heterocycles. The molecule has 2 aromatic heterocycles. The van der Waals surface area contributed by atoms with E-state index in [1.807, 2.05) is 47.1 Å². The first-order chi connectivity index (χ1) is 12.2. The number of anilines is 1. The molecule has 0 saturated carbocycles. The molecule has 7 heteroatoms. The fourth-order valence-electron chi connectivity index (χ4n) is 2.74. The molecule has 1 aromatic carbocycles. The van der Waals surface area contributed by atoms with E-state index in [0.717, 1.165) is 28.4 Å². The Morgan fingerprint density at radius 2 is 2.04 bits per heavy atom. The topological polar surface area (TPSA) is 74.1 Å². The summed E-state index contributed by atoms with van der Waals surface area (Å²) >= 11 is 0. The van der Waals surface area contributed by atoms with Gasteiger partial charge in [-0.1, -0.05) is 0 Å². The van der Waals surface area contributed by atoms with Crippen molar-refractivity contribution >= 4 is 17.2 Å². The van der Waals surface area contributed by atoms with Crippen LogP contribution < -0.4 is 14.8 Å². The maximum atomic E-state index is 11.6. The van der Waals surface area contributed by atoms with Crippen LogP contribution in [0, 0.1) is 0 Å². The van der Waals surface area contributed by atoms with Gasteiger partial charge in [-0.25, -0.2) is 4.98 Å². The summed E-state index contributed by atoms with van der Waals surface area (Å²) in [5.41, 5.74) is 3.23. The minimum absolute atomic E-state index is 0.0183. The third-order valence-corrected chi connectivity index (χ3v) is 3.85. The Balaban J connectivity index is 1.64. The highest BCUT2D eigenvalue weighted by atomic mass is 16.6. The molecular weight excluding hydrogens is 322 g/mol. The van der Waals surface area contributed by atoms with Crippen LogP contribution in [0.4, 0.5) is 5.69 Å². The van der Waals surface area contributed by atoms with Crippen LogP contribution in [-0.2, 0) is 9.53 Å².